The molecule has 0 saturated carbocycles. The first-order chi connectivity index (χ1) is 9.58. The van der Waals surface area contributed by atoms with Crippen molar-refractivity contribution in [3.05, 3.63) is 46.4 Å². The molecule has 0 aliphatic rings. The summed E-state index contributed by atoms with van der Waals surface area (Å²) in [7, 11) is -1.74. The minimum atomic E-state index is -1.74. The van der Waals surface area contributed by atoms with Crippen molar-refractivity contribution in [3.8, 4) is 11.4 Å². The van der Waals surface area contributed by atoms with Crippen molar-refractivity contribution >= 4 is 46.8 Å². The quantitative estimate of drug-likeness (QED) is 0.636. The highest BCUT2D eigenvalue weighted by Gasteiger charge is 2.23. The van der Waals surface area contributed by atoms with Gasteiger partial charge < -0.3 is 15.0 Å². The van der Waals surface area contributed by atoms with E-state index in [2.05, 4.69) is 9.97 Å². The highest BCUT2D eigenvalue weighted by atomic mass is 35.5. The average molecular weight is 307 g/mol. The smallest absolute Gasteiger partial charge is 0.423 e. The van der Waals surface area contributed by atoms with Crippen LogP contribution >= 0.6 is 23.2 Å². The molecule has 0 saturated heterocycles. The monoisotopic (exact) mass is 306 g/mol. The number of H-pyrrole nitrogens is 1. The number of para-hydroxylation sites is 2. The van der Waals surface area contributed by atoms with E-state index in [0.29, 0.717) is 11.4 Å². The molecule has 3 N–H and O–H groups in total. The van der Waals surface area contributed by atoms with Crippen LogP contribution in [0, 0.1) is 0 Å². The maximum atomic E-state index is 9.35. The summed E-state index contributed by atoms with van der Waals surface area (Å²) >= 11 is 12.1. The lowest BCUT2D eigenvalue weighted by Crippen LogP contribution is -2.32. The van der Waals surface area contributed by atoms with E-state index in [1.54, 1.807) is 12.1 Å². The van der Waals surface area contributed by atoms with E-state index < -0.39 is 7.12 Å². The second-order valence-electron chi connectivity index (χ2n) is 4.30. The Kier molecular flexibility index (Phi) is 3.44. The number of benzene rings is 2. The molecule has 4 nitrogen and oxygen atoms in total. The van der Waals surface area contributed by atoms with Crippen molar-refractivity contribution in [2.45, 2.75) is 0 Å². The first-order valence-corrected chi connectivity index (χ1v) is 6.62. The highest BCUT2D eigenvalue weighted by Crippen LogP contribution is 2.28. The van der Waals surface area contributed by atoms with Crippen LogP contribution in [-0.2, 0) is 0 Å². The SMILES string of the molecule is OB(O)c1c(Cl)ccc(-c2nc3ccccc3[nH]2)c1Cl. The number of halogens is 2. The van der Waals surface area contributed by atoms with E-state index in [1.165, 1.54) is 0 Å². The van der Waals surface area contributed by atoms with Crippen LogP contribution in [0.25, 0.3) is 22.4 Å². The average Bonchev–Trinajstić information content (AvgIpc) is 2.81. The molecule has 7 heteroatoms. The molecular weight excluding hydrogens is 298 g/mol. The molecule has 20 heavy (non-hydrogen) atoms. The summed E-state index contributed by atoms with van der Waals surface area (Å²) in [6.07, 6.45) is 0. The van der Waals surface area contributed by atoms with Crippen LogP contribution in [0.1, 0.15) is 0 Å². The van der Waals surface area contributed by atoms with Gasteiger partial charge in [0.15, 0.2) is 0 Å². The van der Waals surface area contributed by atoms with E-state index in [4.69, 9.17) is 23.2 Å². The molecule has 2 aromatic carbocycles. The van der Waals surface area contributed by atoms with Crippen molar-refractivity contribution in [2.24, 2.45) is 0 Å². The Balaban J connectivity index is 2.21. The van der Waals surface area contributed by atoms with Crippen LogP contribution in [0.3, 0.4) is 0 Å². The summed E-state index contributed by atoms with van der Waals surface area (Å²) in [5.74, 6) is 0.551. The summed E-state index contributed by atoms with van der Waals surface area (Å²) in [4.78, 5) is 7.56. The minimum Gasteiger partial charge on any atom is -0.423 e. The molecule has 3 rings (SSSR count). The van der Waals surface area contributed by atoms with Crippen molar-refractivity contribution in [3.63, 3.8) is 0 Å². The third kappa shape index (κ3) is 2.19. The van der Waals surface area contributed by atoms with E-state index in [9.17, 15) is 10.0 Å². The normalized spacial score (nSPS) is 11.0. The van der Waals surface area contributed by atoms with Gasteiger partial charge in [0.25, 0.3) is 0 Å². The van der Waals surface area contributed by atoms with Crippen LogP contribution < -0.4 is 5.46 Å². The Morgan fingerprint density at radius 2 is 1.80 bits per heavy atom. The zero-order valence-corrected chi connectivity index (χ0v) is 11.7. The standard InChI is InChI=1S/C13H9BCl2N2O2/c15-8-6-5-7(12(16)11(8)14(19)20)13-17-9-3-1-2-4-10(9)18-13/h1-6,19-20H,(H,17,18). The highest BCUT2D eigenvalue weighted by molar-refractivity contribution is 6.67. The zero-order chi connectivity index (χ0) is 14.3. The number of nitrogens with one attached hydrogen (secondary N) is 1. The largest absolute Gasteiger partial charge is 0.491 e. The van der Waals surface area contributed by atoms with Gasteiger partial charge in [-0.2, -0.15) is 0 Å². The summed E-state index contributed by atoms with van der Waals surface area (Å²) in [6, 6.07) is 10.8. The Hall–Kier alpha value is -1.53. The van der Waals surface area contributed by atoms with Crippen molar-refractivity contribution < 1.29 is 10.0 Å². The molecule has 0 aliphatic heterocycles. The fraction of sp³-hybridized carbons (Fsp3) is 0. The maximum absolute atomic E-state index is 9.35. The van der Waals surface area contributed by atoms with Gasteiger partial charge in [-0.25, -0.2) is 4.98 Å². The molecule has 100 valence electrons. The number of hydrogen-bond donors (Lipinski definition) is 3. The summed E-state index contributed by atoms with van der Waals surface area (Å²) < 4.78 is 0. The lowest BCUT2D eigenvalue weighted by Gasteiger charge is -2.09. The number of hydrogen-bond acceptors (Lipinski definition) is 3. The Morgan fingerprint density at radius 3 is 2.50 bits per heavy atom. The van der Waals surface area contributed by atoms with E-state index >= 15 is 0 Å². The number of nitrogens with zero attached hydrogens (tertiary/aromatic N) is 1. The molecule has 0 spiro atoms. The van der Waals surface area contributed by atoms with Gasteiger partial charge in [0.2, 0.25) is 0 Å². The van der Waals surface area contributed by atoms with Gasteiger partial charge in [0.1, 0.15) is 5.82 Å². The molecule has 1 heterocycles. The van der Waals surface area contributed by atoms with Crippen molar-refractivity contribution in [1.82, 2.24) is 9.97 Å². The zero-order valence-electron chi connectivity index (χ0n) is 10.1. The third-order valence-electron chi connectivity index (χ3n) is 3.03. The van der Waals surface area contributed by atoms with E-state index in [-0.39, 0.29) is 15.5 Å². The predicted molar refractivity (Wildman–Crippen MR) is 81.4 cm³/mol. The van der Waals surface area contributed by atoms with Crippen LogP contribution in [0.4, 0.5) is 0 Å². The Labute approximate surface area is 125 Å². The van der Waals surface area contributed by atoms with E-state index in [1.807, 2.05) is 24.3 Å². The number of aromatic amines is 1. The van der Waals surface area contributed by atoms with Gasteiger partial charge in [-0.1, -0.05) is 35.3 Å². The lowest BCUT2D eigenvalue weighted by molar-refractivity contribution is 0.426. The second kappa shape index (κ2) is 5.11. The van der Waals surface area contributed by atoms with E-state index in [0.717, 1.165) is 11.0 Å². The first kappa shape index (κ1) is 13.5. The maximum Gasteiger partial charge on any atom is 0.491 e. The summed E-state index contributed by atoms with van der Waals surface area (Å²) in [6.45, 7) is 0. The van der Waals surface area contributed by atoms with Gasteiger partial charge in [0.05, 0.1) is 16.1 Å². The first-order valence-electron chi connectivity index (χ1n) is 5.87. The van der Waals surface area contributed by atoms with Crippen molar-refractivity contribution in [2.75, 3.05) is 0 Å². The van der Waals surface area contributed by atoms with Crippen LogP contribution in [0.15, 0.2) is 36.4 Å². The molecular formula is C13H9BCl2N2O2. The minimum absolute atomic E-state index is 0.0753. The Morgan fingerprint density at radius 1 is 1.05 bits per heavy atom. The predicted octanol–water partition coefficient (Wildman–Crippen LogP) is 2.22. The fourth-order valence-corrected chi connectivity index (χ4v) is 2.72. The number of rotatable bonds is 2. The Bertz CT molecular complexity index is 756. The number of fused-ring (bicyclic) bond motifs is 1. The van der Waals surface area contributed by atoms with Gasteiger partial charge in [-0.05, 0) is 24.3 Å². The molecule has 0 unspecified atom stereocenters. The van der Waals surface area contributed by atoms with Gasteiger partial charge in [-0.15, -0.1) is 0 Å². The second-order valence-corrected chi connectivity index (χ2v) is 5.08. The topological polar surface area (TPSA) is 69.1 Å². The molecule has 0 atom stereocenters. The van der Waals surface area contributed by atoms with Crippen LogP contribution in [0.2, 0.25) is 10.0 Å². The third-order valence-corrected chi connectivity index (χ3v) is 3.77. The molecule has 0 bridgehead atoms. The summed E-state index contributed by atoms with van der Waals surface area (Å²) in [5, 5.41) is 19.1. The molecule has 3 aromatic rings. The van der Waals surface area contributed by atoms with Crippen LogP contribution in [-0.4, -0.2) is 27.1 Å². The van der Waals surface area contributed by atoms with Gasteiger partial charge in [-0.3, -0.25) is 0 Å². The van der Waals surface area contributed by atoms with Gasteiger partial charge in [0, 0.05) is 16.0 Å². The molecule has 1 aromatic heterocycles. The molecule has 0 fully saturated rings. The molecule has 0 amide bonds. The van der Waals surface area contributed by atoms with Crippen LogP contribution in [0.5, 0.6) is 0 Å². The summed E-state index contributed by atoms with van der Waals surface area (Å²) in [5.41, 5.74) is 2.32. The number of imidazole rings is 1. The molecule has 0 aliphatic carbocycles. The molecule has 0 radical (unpaired) electrons. The fourth-order valence-electron chi connectivity index (χ4n) is 2.07. The van der Waals surface area contributed by atoms with Crippen molar-refractivity contribution in [1.29, 1.82) is 0 Å². The number of aromatic nitrogens is 2. The lowest BCUT2D eigenvalue weighted by atomic mass is 9.79. The van der Waals surface area contributed by atoms with Gasteiger partial charge >= 0.3 is 7.12 Å².